The summed E-state index contributed by atoms with van der Waals surface area (Å²) >= 11 is 0. The van der Waals surface area contributed by atoms with Gasteiger partial charge in [0.25, 0.3) is 5.91 Å². The third kappa shape index (κ3) is 3.41. The Balaban J connectivity index is 1.63. The summed E-state index contributed by atoms with van der Waals surface area (Å²) in [4.78, 5) is 23.6. The summed E-state index contributed by atoms with van der Waals surface area (Å²) in [5, 5.41) is 0. The molecule has 0 saturated carbocycles. The van der Waals surface area contributed by atoms with Gasteiger partial charge < -0.3 is 9.80 Å². The van der Waals surface area contributed by atoms with Crippen molar-refractivity contribution in [3.8, 4) is 0 Å². The Bertz CT molecular complexity index is 505. The third-order valence-electron chi connectivity index (χ3n) is 4.34. The number of carbonyl (C=O) groups excluding carboxylic acids is 1. The maximum atomic E-state index is 12.5. The van der Waals surface area contributed by atoms with Crippen molar-refractivity contribution in [2.45, 2.75) is 13.5 Å². The standard InChI is InChI=1S/C16H24N4O/c1-13-10-19(11-13)12-14-4-3-5-15(17-14)16(21)20-8-6-18(2)7-9-20/h3-5,13H,6-12H2,1-2H3. The average Bonchev–Trinajstić information content (AvgIpc) is 2.46. The SMILES string of the molecule is CC1CN(Cc2cccc(C(=O)N3CCN(C)CC3)n2)C1. The lowest BCUT2D eigenvalue weighted by Gasteiger charge is -2.36. The number of rotatable bonds is 3. The molecule has 3 rings (SSSR count). The van der Waals surface area contributed by atoms with Gasteiger partial charge in [-0.15, -0.1) is 0 Å². The number of hydrogen-bond acceptors (Lipinski definition) is 4. The van der Waals surface area contributed by atoms with Crippen molar-refractivity contribution in [1.29, 1.82) is 0 Å². The molecule has 5 heteroatoms. The van der Waals surface area contributed by atoms with Crippen LogP contribution in [-0.2, 0) is 6.54 Å². The van der Waals surface area contributed by atoms with Crippen LogP contribution in [0.2, 0.25) is 0 Å². The van der Waals surface area contributed by atoms with Gasteiger partial charge in [-0.2, -0.15) is 0 Å². The fourth-order valence-corrected chi connectivity index (χ4v) is 3.04. The number of nitrogens with zero attached hydrogens (tertiary/aromatic N) is 4. The van der Waals surface area contributed by atoms with Crippen LogP contribution in [0.3, 0.4) is 0 Å². The Labute approximate surface area is 126 Å². The number of hydrogen-bond donors (Lipinski definition) is 0. The molecule has 1 amide bonds. The maximum absolute atomic E-state index is 12.5. The monoisotopic (exact) mass is 288 g/mol. The minimum Gasteiger partial charge on any atom is -0.335 e. The van der Waals surface area contributed by atoms with Gasteiger partial charge in [0.2, 0.25) is 0 Å². The van der Waals surface area contributed by atoms with E-state index in [1.807, 2.05) is 23.1 Å². The van der Waals surface area contributed by atoms with Crippen LogP contribution in [0, 0.1) is 5.92 Å². The molecule has 2 fully saturated rings. The molecule has 0 bridgehead atoms. The molecule has 3 heterocycles. The van der Waals surface area contributed by atoms with Crippen LogP contribution >= 0.6 is 0 Å². The zero-order chi connectivity index (χ0) is 14.8. The van der Waals surface area contributed by atoms with E-state index < -0.39 is 0 Å². The van der Waals surface area contributed by atoms with Gasteiger partial charge in [0, 0.05) is 45.8 Å². The average molecular weight is 288 g/mol. The highest BCUT2D eigenvalue weighted by molar-refractivity contribution is 5.92. The first-order chi connectivity index (χ1) is 10.1. The number of aromatic nitrogens is 1. The van der Waals surface area contributed by atoms with E-state index in [0.29, 0.717) is 5.69 Å². The fraction of sp³-hybridized carbons (Fsp3) is 0.625. The van der Waals surface area contributed by atoms with Crippen molar-refractivity contribution in [2.75, 3.05) is 46.3 Å². The summed E-state index contributed by atoms with van der Waals surface area (Å²) in [6.45, 7) is 8.87. The molecule has 2 saturated heterocycles. The molecule has 114 valence electrons. The van der Waals surface area contributed by atoms with Gasteiger partial charge in [-0.3, -0.25) is 9.69 Å². The smallest absolute Gasteiger partial charge is 0.272 e. The Hall–Kier alpha value is -1.46. The van der Waals surface area contributed by atoms with Crippen LogP contribution in [0.25, 0.3) is 0 Å². The summed E-state index contributed by atoms with van der Waals surface area (Å²) in [5.74, 6) is 0.863. The fourth-order valence-electron chi connectivity index (χ4n) is 3.04. The van der Waals surface area contributed by atoms with Gasteiger partial charge in [0.05, 0.1) is 5.69 Å². The summed E-state index contributed by atoms with van der Waals surface area (Å²) in [7, 11) is 2.09. The minimum atomic E-state index is 0.0712. The summed E-state index contributed by atoms with van der Waals surface area (Å²) in [6, 6.07) is 5.81. The van der Waals surface area contributed by atoms with Crippen molar-refractivity contribution in [2.24, 2.45) is 5.92 Å². The molecular weight excluding hydrogens is 264 g/mol. The lowest BCUT2D eigenvalue weighted by atomic mass is 10.0. The van der Waals surface area contributed by atoms with Gasteiger partial charge in [-0.05, 0) is 25.1 Å². The van der Waals surface area contributed by atoms with Crippen LogP contribution in [0.1, 0.15) is 23.1 Å². The van der Waals surface area contributed by atoms with Gasteiger partial charge in [-0.25, -0.2) is 4.98 Å². The second-order valence-corrected chi connectivity index (χ2v) is 6.41. The molecule has 0 aliphatic carbocycles. The van der Waals surface area contributed by atoms with E-state index >= 15 is 0 Å². The molecule has 1 aromatic heterocycles. The predicted molar refractivity (Wildman–Crippen MR) is 82.1 cm³/mol. The molecular formula is C16H24N4O. The van der Waals surface area contributed by atoms with E-state index in [2.05, 4.69) is 28.8 Å². The molecule has 1 aromatic rings. The highest BCUT2D eigenvalue weighted by Crippen LogP contribution is 2.17. The van der Waals surface area contributed by atoms with Gasteiger partial charge in [-0.1, -0.05) is 13.0 Å². The molecule has 0 spiro atoms. The molecule has 5 nitrogen and oxygen atoms in total. The largest absolute Gasteiger partial charge is 0.335 e. The third-order valence-corrected chi connectivity index (χ3v) is 4.34. The quantitative estimate of drug-likeness (QED) is 0.829. The molecule has 0 unspecified atom stereocenters. The van der Waals surface area contributed by atoms with E-state index in [0.717, 1.165) is 57.4 Å². The Morgan fingerprint density at radius 3 is 2.62 bits per heavy atom. The molecule has 21 heavy (non-hydrogen) atoms. The second kappa shape index (κ2) is 6.12. The molecule has 0 N–H and O–H groups in total. The lowest BCUT2D eigenvalue weighted by Crippen LogP contribution is -2.47. The number of pyridine rings is 1. The molecule has 0 atom stereocenters. The van der Waals surface area contributed by atoms with Crippen molar-refractivity contribution in [1.82, 2.24) is 19.7 Å². The molecule has 2 aliphatic rings. The van der Waals surface area contributed by atoms with E-state index in [1.54, 1.807) is 0 Å². The van der Waals surface area contributed by atoms with Crippen molar-refractivity contribution in [3.63, 3.8) is 0 Å². The zero-order valence-electron chi connectivity index (χ0n) is 13.0. The predicted octanol–water partition coefficient (Wildman–Crippen LogP) is 0.921. The van der Waals surface area contributed by atoms with E-state index in [1.165, 1.54) is 0 Å². The first-order valence-corrected chi connectivity index (χ1v) is 7.78. The number of likely N-dealkylation sites (tertiary alicyclic amines) is 1. The highest BCUT2D eigenvalue weighted by Gasteiger charge is 2.24. The highest BCUT2D eigenvalue weighted by atomic mass is 16.2. The van der Waals surface area contributed by atoms with Crippen molar-refractivity contribution in [3.05, 3.63) is 29.6 Å². The zero-order valence-corrected chi connectivity index (χ0v) is 13.0. The molecule has 0 radical (unpaired) electrons. The number of amides is 1. The number of carbonyl (C=O) groups is 1. The number of piperazine rings is 1. The van der Waals surface area contributed by atoms with Gasteiger partial charge in [0.1, 0.15) is 5.69 Å². The Morgan fingerprint density at radius 1 is 1.24 bits per heavy atom. The first-order valence-electron chi connectivity index (χ1n) is 7.78. The van der Waals surface area contributed by atoms with Crippen LogP contribution in [-0.4, -0.2) is 71.9 Å². The summed E-state index contributed by atoms with van der Waals surface area (Å²) < 4.78 is 0. The molecule has 0 aromatic carbocycles. The second-order valence-electron chi connectivity index (χ2n) is 6.41. The van der Waals surface area contributed by atoms with Crippen LogP contribution in [0.15, 0.2) is 18.2 Å². The van der Waals surface area contributed by atoms with E-state index in [9.17, 15) is 4.79 Å². The minimum absolute atomic E-state index is 0.0712. The summed E-state index contributed by atoms with van der Waals surface area (Å²) in [5.41, 5.74) is 1.59. The normalized spacial score (nSPS) is 21.3. The van der Waals surface area contributed by atoms with E-state index in [-0.39, 0.29) is 5.91 Å². The maximum Gasteiger partial charge on any atom is 0.272 e. The van der Waals surface area contributed by atoms with Gasteiger partial charge in [0.15, 0.2) is 0 Å². The van der Waals surface area contributed by atoms with Crippen LogP contribution < -0.4 is 0 Å². The lowest BCUT2D eigenvalue weighted by molar-refractivity contribution is 0.0656. The van der Waals surface area contributed by atoms with Crippen LogP contribution in [0.4, 0.5) is 0 Å². The first kappa shape index (κ1) is 14.5. The number of likely N-dealkylation sites (N-methyl/N-ethyl adjacent to an activating group) is 1. The summed E-state index contributed by atoms with van der Waals surface area (Å²) in [6.07, 6.45) is 0. The van der Waals surface area contributed by atoms with Crippen molar-refractivity contribution >= 4 is 5.91 Å². The Morgan fingerprint density at radius 2 is 1.95 bits per heavy atom. The van der Waals surface area contributed by atoms with Gasteiger partial charge >= 0.3 is 0 Å². The van der Waals surface area contributed by atoms with Crippen molar-refractivity contribution < 1.29 is 4.79 Å². The van der Waals surface area contributed by atoms with Crippen LogP contribution in [0.5, 0.6) is 0 Å². The van der Waals surface area contributed by atoms with E-state index in [4.69, 9.17) is 0 Å². The Kier molecular flexibility index (Phi) is 4.22. The topological polar surface area (TPSA) is 39.7 Å². The molecule has 2 aliphatic heterocycles.